The molecule has 6 rings (SSSR count). The number of aromatic nitrogens is 2. The highest BCUT2D eigenvalue weighted by molar-refractivity contribution is 5.85. The van der Waals surface area contributed by atoms with Crippen LogP contribution in [0, 0.1) is 13.8 Å². The number of aryl methyl sites for hydroxylation is 4. The maximum Gasteiger partial charge on any atom is 0.0705 e. The molecule has 3 aromatic carbocycles. The van der Waals surface area contributed by atoms with Crippen LogP contribution in [-0.2, 0) is 12.8 Å². The van der Waals surface area contributed by atoms with Crippen LogP contribution in [0.5, 0.6) is 0 Å². The van der Waals surface area contributed by atoms with Crippen molar-refractivity contribution in [3.05, 3.63) is 126 Å². The Balaban J connectivity index is 1.55. The molecule has 3 nitrogen and oxygen atoms in total. The molecule has 0 atom stereocenters. The lowest BCUT2D eigenvalue weighted by molar-refractivity contribution is 0.977. The predicted molar refractivity (Wildman–Crippen MR) is 144 cm³/mol. The normalized spacial score (nSPS) is 12.6. The third kappa shape index (κ3) is 4.10. The Morgan fingerprint density at radius 2 is 1.23 bits per heavy atom. The first-order valence-corrected chi connectivity index (χ1v) is 12.1. The summed E-state index contributed by atoms with van der Waals surface area (Å²) in [6.45, 7) is 4.22. The molecule has 5 aromatic rings. The van der Waals surface area contributed by atoms with E-state index in [9.17, 15) is 0 Å². The van der Waals surface area contributed by atoms with Crippen molar-refractivity contribution in [1.29, 1.82) is 0 Å². The van der Waals surface area contributed by atoms with E-state index in [1.165, 1.54) is 33.6 Å². The lowest BCUT2D eigenvalue weighted by atomic mass is 10.0. The number of rotatable bonds is 3. The van der Waals surface area contributed by atoms with Crippen LogP contribution in [0.15, 0.2) is 103 Å². The van der Waals surface area contributed by atoms with Crippen molar-refractivity contribution in [2.24, 2.45) is 0 Å². The average molecular weight is 454 g/mol. The van der Waals surface area contributed by atoms with Gasteiger partial charge < -0.3 is 4.90 Å². The molecule has 0 spiro atoms. The Kier molecular flexibility index (Phi) is 5.38. The van der Waals surface area contributed by atoms with Crippen LogP contribution in [0.1, 0.15) is 22.3 Å². The number of hydrogen-bond donors (Lipinski definition) is 0. The van der Waals surface area contributed by atoms with Crippen LogP contribution >= 0.6 is 0 Å². The fourth-order valence-corrected chi connectivity index (χ4v) is 4.95. The molecular formula is C32H27N3. The Hall–Kier alpha value is -4.24. The molecule has 1 aliphatic heterocycles. The summed E-state index contributed by atoms with van der Waals surface area (Å²) in [5.41, 5.74) is 13.0. The maximum absolute atomic E-state index is 4.66. The van der Waals surface area contributed by atoms with Gasteiger partial charge in [-0.05, 0) is 97.5 Å². The minimum atomic E-state index is 0.993. The van der Waals surface area contributed by atoms with Crippen molar-refractivity contribution >= 4 is 17.1 Å². The van der Waals surface area contributed by atoms with E-state index in [0.29, 0.717) is 0 Å². The van der Waals surface area contributed by atoms with E-state index in [4.69, 9.17) is 0 Å². The van der Waals surface area contributed by atoms with E-state index >= 15 is 0 Å². The van der Waals surface area contributed by atoms with Crippen LogP contribution < -0.4 is 4.90 Å². The molecule has 0 unspecified atom stereocenters. The first-order valence-electron chi connectivity index (χ1n) is 12.1. The Morgan fingerprint density at radius 3 is 1.94 bits per heavy atom. The SMILES string of the molecule is Cc1ccnc(-c2cccc(N3c4ccccc4CCc4ccc(-c5cc(C)ccn5)cc43)c2)c1. The lowest BCUT2D eigenvalue weighted by Crippen LogP contribution is -2.12. The number of para-hydroxylation sites is 1. The lowest BCUT2D eigenvalue weighted by Gasteiger charge is -2.28. The molecule has 0 aliphatic carbocycles. The van der Waals surface area contributed by atoms with Crippen LogP contribution in [-0.4, -0.2) is 9.97 Å². The molecule has 170 valence electrons. The Bertz CT molecular complexity index is 1540. The predicted octanol–water partition coefficient (Wildman–Crippen LogP) is 8.00. The van der Waals surface area contributed by atoms with Gasteiger partial charge in [0.15, 0.2) is 0 Å². The van der Waals surface area contributed by atoms with Gasteiger partial charge in [-0.3, -0.25) is 9.97 Å². The molecule has 3 heterocycles. The quantitative estimate of drug-likeness (QED) is 0.277. The molecule has 0 saturated carbocycles. The van der Waals surface area contributed by atoms with Gasteiger partial charge in [0.05, 0.1) is 17.1 Å². The molecular weight excluding hydrogens is 426 g/mol. The number of pyridine rings is 2. The standard InChI is InChI=1S/C32H27N3/c1-22-14-16-33-29(18-22)26-7-5-8-28(20-26)35-31-9-4-3-6-24(31)10-11-25-12-13-27(21-32(25)35)30-19-23(2)15-17-34-30/h3-9,12-21H,10-11H2,1-2H3. The van der Waals surface area contributed by atoms with E-state index in [1.807, 2.05) is 24.5 Å². The summed E-state index contributed by atoms with van der Waals surface area (Å²) < 4.78 is 0. The zero-order chi connectivity index (χ0) is 23.8. The molecule has 1 aliphatic rings. The largest absolute Gasteiger partial charge is 0.310 e. The highest BCUT2D eigenvalue weighted by atomic mass is 15.1. The molecule has 3 heteroatoms. The van der Waals surface area contributed by atoms with Crippen LogP contribution in [0.4, 0.5) is 17.1 Å². The number of nitrogens with zero attached hydrogens (tertiary/aromatic N) is 3. The van der Waals surface area contributed by atoms with E-state index < -0.39 is 0 Å². The zero-order valence-electron chi connectivity index (χ0n) is 20.1. The maximum atomic E-state index is 4.66. The average Bonchev–Trinajstić information content (AvgIpc) is 3.05. The third-order valence-corrected chi connectivity index (χ3v) is 6.75. The number of anilines is 3. The topological polar surface area (TPSA) is 29.0 Å². The summed E-state index contributed by atoms with van der Waals surface area (Å²) in [4.78, 5) is 11.7. The summed E-state index contributed by atoms with van der Waals surface area (Å²) in [5.74, 6) is 0. The van der Waals surface area contributed by atoms with E-state index in [2.05, 4.69) is 108 Å². The monoisotopic (exact) mass is 453 g/mol. The number of benzene rings is 3. The van der Waals surface area contributed by atoms with Gasteiger partial charge in [0.25, 0.3) is 0 Å². The van der Waals surface area contributed by atoms with Crippen molar-refractivity contribution in [2.75, 3.05) is 4.90 Å². The molecule has 0 bridgehead atoms. The summed E-state index contributed by atoms with van der Waals surface area (Å²) in [5, 5.41) is 0. The molecule has 2 aromatic heterocycles. The smallest absolute Gasteiger partial charge is 0.0705 e. The van der Waals surface area contributed by atoms with Crippen LogP contribution in [0.2, 0.25) is 0 Å². The highest BCUT2D eigenvalue weighted by Crippen LogP contribution is 2.43. The second-order valence-electron chi connectivity index (χ2n) is 9.29. The number of fused-ring (bicyclic) bond motifs is 2. The van der Waals surface area contributed by atoms with Gasteiger partial charge in [0.1, 0.15) is 0 Å². The second kappa shape index (κ2) is 8.84. The van der Waals surface area contributed by atoms with Gasteiger partial charge in [0.2, 0.25) is 0 Å². The van der Waals surface area contributed by atoms with Crippen molar-refractivity contribution in [1.82, 2.24) is 9.97 Å². The molecule has 0 N–H and O–H groups in total. The van der Waals surface area contributed by atoms with Crippen LogP contribution in [0.25, 0.3) is 22.5 Å². The molecule has 0 amide bonds. The highest BCUT2D eigenvalue weighted by Gasteiger charge is 2.23. The van der Waals surface area contributed by atoms with E-state index in [1.54, 1.807) is 0 Å². The molecule has 0 radical (unpaired) electrons. The van der Waals surface area contributed by atoms with E-state index in [0.717, 1.165) is 41.0 Å². The van der Waals surface area contributed by atoms with E-state index in [-0.39, 0.29) is 0 Å². The molecule has 0 saturated heterocycles. The van der Waals surface area contributed by atoms with Gasteiger partial charge in [-0.25, -0.2) is 0 Å². The van der Waals surface area contributed by atoms with Crippen molar-refractivity contribution < 1.29 is 0 Å². The fraction of sp³-hybridized carbons (Fsp3) is 0.125. The minimum absolute atomic E-state index is 0.993. The second-order valence-corrected chi connectivity index (χ2v) is 9.29. The summed E-state index contributed by atoms with van der Waals surface area (Å²) in [6, 6.07) is 32.7. The molecule has 0 fully saturated rings. The van der Waals surface area contributed by atoms with Crippen molar-refractivity contribution in [3.63, 3.8) is 0 Å². The van der Waals surface area contributed by atoms with Gasteiger partial charge in [-0.1, -0.05) is 42.5 Å². The van der Waals surface area contributed by atoms with Gasteiger partial charge in [-0.2, -0.15) is 0 Å². The van der Waals surface area contributed by atoms with Crippen LogP contribution in [0.3, 0.4) is 0 Å². The third-order valence-electron chi connectivity index (χ3n) is 6.75. The summed E-state index contributed by atoms with van der Waals surface area (Å²) in [7, 11) is 0. The summed E-state index contributed by atoms with van der Waals surface area (Å²) in [6.07, 6.45) is 5.79. The van der Waals surface area contributed by atoms with Crippen molar-refractivity contribution in [3.8, 4) is 22.5 Å². The molecule has 35 heavy (non-hydrogen) atoms. The minimum Gasteiger partial charge on any atom is -0.310 e. The summed E-state index contributed by atoms with van der Waals surface area (Å²) >= 11 is 0. The Labute approximate surface area is 206 Å². The van der Waals surface area contributed by atoms with Gasteiger partial charge >= 0.3 is 0 Å². The van der Waals surface area contributed by atoms with Crippen molar-refractivity contribution in [2.45, 2.75) is 26.7 Å². The number of hydrogen-bond acceptors (Lipinski definition) is 3. The first kappa shape index (κ1) is 21.3. The first-order chi connectivity index (χ1) is 17.2. The Morgan fingerprint density at radius 1 is 0.571 bits per heavy atom. The van der Waals surface area contributed by atoms with Gasteiger partial charge in [0, 0.05) is 34.9 Å². The fourth-order valence-electron chi connectivity index (χ4n) is 4.95. The van der Waals surface area contributed by atoms with Gasteiger partial charge in [-0.15, -0.1) is 0 Å². The zero-order valence-corrected chi connectivity index (χ0v) is 20.1.